The van der Waals surface area contributed by atoms with E-state index in [2.05, 4.69) is 19.1 Å². The minimum Gasteiger partial charge on any atom is -0.322 e. The molecule has 0 N–H and O–H groups in total. The molecule has 2 aromatic heterocycles. The Morgan fingerprint density at radius 1 is 1.38 bits per heavy atom. The van der Waals surface area contributed by atoms with E-state index in [1.165, 1.54) is 5.56 Å². The summed E-state index contributed by atoms with van der Waals surface area (Å²) >= 11 is 0. The molecule has 0 aromatic carbocycles. The van der Waals surface area contributed by atoms with Gasteiger partial charge in [-0.25, -0.2) is 0 Å². The lowest BCUT2D eigenvalue weighted by molar-refractivity contribution is 1.10. The van der Waals surface area contributed by atoms with Gasteiger partial charge in [0.05, 0.1) is 11.1 Å². The van der Waals surface area contributed by atoms with Crippen LogP contribution in [0.15, 0.2) is 30.6 Å². The molecule has 0 unspecified atom stereocenters. The Morgan fingerprint density at radius 2 is 2.23 bits per heavy atom. The first-order valence-electron chi connectivity index (χ1n) is 4.35. The van der Waals surface area contributed by atoms with Crippen molar-refractivity contribution in [2.75, 3.05) is 0 Å². The molecule has 0 fully saturated rings. The molecule has 2 aromatic rings. The molecule has 0 aliphatic rings. The van der Waals surface area contributed by atoms with Gasteiger partial charge in [0, 0.05) is 12.4 Å². The van der Waals surface area contributed by atoms with Crippen molar-refractivity contribution in [3.8, 4) is 6.07 Å². The number of nitrogens with zero attached hydrogens (tertiary/aromatic N) is 2. The summed E-state index contributed by atoms with van der Waals surface area (Å²) in [6.45, 7) is 2.10. The van der Waals surface area contributed by atoms with E-state index < -0.39 is 0 Å². The van der Waals surface area contributed by atoms with Crippen LogP contribution < -0.4 is 0 Å². The predicted octanol–water partition coefficient (Wildman–Crippen LogP) is 2.37. The average molecular weight is 170 g/mol. The predicted molar refractivity (Wildman–Crippen MR) is 51.5 cm³/mol. The van der Waals surface area contributed by atoms with E-state index in [1.807, 2.05) is 28.9 Å². The summed E-state index contributed by atoms with van der Waals surface area (Å²) in [5.74, 6) is 0. The molecule has 0 bridgehead atoms. The van der Waals surface area contributed by atoms with Crippen molar-refractivity contribution in [2.45, 2.75) is 13.3 Å². The molecule has 2 heterocycles. The number of rotatable bonds is 1. The number of nitriles is 1. The van der Waals surface area contributed by atoms with E-state index in [4.69, 9.17) is 5.26 Å². The SMILES string of the molecule is CCc1cccn2ccc(C#N)c12. The van der Waals surface area contributed by atoms with Crippen LogP contribution in [-0.2, 0) is 6.42 Å². The third-order valence-corrected chi connectivity index (χ3v) is 2.26. The van der Waals surface area contributed by atoms with Crippen LogP contribution in [0.1, 0.15) is 18.1 Å². The molecule has 64 valence electrons. The Labute approximate surface area is 77.0 Å². The molecule has 0 atom stereocenters. The standard InChI is InChI=1S/C11H10N2/c1-2-9-4-3-6-13-7-5-10(8-12)11(9)13/h3-7H,2H2,1H3. The van der Waals surface area contributed by atoms with Gasteiger partial charge in [0.2, 0.25) is 0 Å². The van der Waals surface area contributed by atoms with Crippen molar-refractivity contribution >= 4 is 5.52 Å². The zero-order valence-electron chi connectivity index (χ0n) is 7.49. The molecule has 0 spiro atoms. The molecule has 0 radical (unpaired) electrons. The highest BCUT2D eigenvalue weighted by Gasteiger charge is 2.04. The molecular weight excluding hydrogens is 160 g/mol. The second-order valence-corrected chi connectivity index (χ2v) is 2.98. The molecule has 2 nitrogen and oxygen atoms in total. The fourth-order valence-corrected chi connectivity index (χ4v) is 1.62. The lowest BCUT2D eigenvalue weighted by atomic mass is 10.1. The zero-order valence-corrected chi connectivity index (χ0v) is 7.49. The summed E-state index contributed by atoms with van der Waals surface area (Å²) in [6, 6.07) is 8.13. The zero-order chi connectivity index (χ0) is 9.26. The van der Waals surface area contributed by atoms with E-state index in [0.717, 1.165) is 17.5 Å². The molecule has 2 heteroatoms. The highest BCUT2D eigenvalue weighted by molar-refractivity contribution is 5.66. The molecular formula is C11H10N2. The Bertz CT molecular complexity index is 474. The number of aryl methyl sites for hydroxylation is 1. The highest BCUT2D eigenvalue weighted by Crippen LogP contribution is 2.16. The van der Waals surface area contributed by atoms with Crippen LogP contribution in [0.3, 0.4) is 0 Å². The second kappa shape index (κ2) is 2.95. The number of fused-ring (bicyclic) bond motifs is 1. The van der Waals surface area contributed by atoms with Gasteiger partial charge in [0.1, 0.15) is 6.07 Å². The van der Waals surface area contributed by atoms with Gasteiger partial charge < -0.3 is 4.40 Å². The third kappa shape index (κ3) is 1.09. The molecule has 0 aliphatic heterocycles. The van der Waals surface area contributed by atoms with Gasteiger partial charge in [-0.3, -0.25) is 0 Å². The van der Waals surface area contributed by atoms with Crippen molar-refractivity contribution in [1.29, 1.82) is 5.26 Å². The van der Waals surface area contributed by atoms with Gasteiger partial charge in [0.15, 0.2) is 0 Å². The highest BCUT2D eigenvalue weighted by atomic mass is 14.9. The lowest BCUT2D eigenvalue weighted by Crippen LogP contribution is -1.89. The van der Waals surface area contributed by atoms with Crippen LogP contribution >= 0.6 is 0 Å². The van der Waals surface area contributed by atoms with Crippen LogP contribution in [0.4, 0.5) is 0 Å². The third-order valence-electron chi connectivity index (χ3n) is 2.26. The summed E-state index contributed by atoms with van der Waals surface area (Å²) in [4.78, 5) is 0. The first kappa shape index (κ1) is 7.88. The maximum atomic E-state index is 8.88. The average Bonchev–Trinajstić information content (AvgIpc) is 2.60. The Morgan fingerprint density at radius 3 is 2.92 bits per heavy atom. The smallest absolute Gasteiger partial charge is 0.101 e. The van der Waals surface area contributed by atoms with Crippen molar-refractivity contribution in [3.63, 3.8) is 0 Å². The normalized spacial score (nSPS) is 10.2. The topological polar surface area (TPSA) is 28.2 Å². The summed E-state index contributed by atoms with van der Waals surface area (Å²) in [5.41, 5.74) is 3.04. The monoisotopic (exact) mass is 170 g/mol. The fraction of sp³-hybridized carbons (Fsp3) is 0.182. The number of aromatic nitrogens is 1. The summed E-state index contributed by atoms with van der Waals surface area (Å²) < 4.78 is 2.00. The van der Waals surface area contributed by atoms with Crippen LogP contribution in [-0.4, -0.2) is 4.40 Å². The van der Waals surface area contributed by atoms with Crippen LogP contribution in [0.2, 0.25) is 0 Å². The molecule has 0 aliphatic carbocycles. The van der Waals surface area contributed by atoms with Gasteiger partial charge in [0.25, 0.3) is 0 Å². The van der Waals surface area contributed by atoms with Gasteiger partial charge in [-0.2, -0.15) is 5.26 Å². The minimum atomic E-state index is 0.762. The number of pyridine rings is 1. The molecule has 0 amide bonds. The summed E-state index contributed by atoms with van der Waals surface area (Å²) in [7, 11) is 0. The molecule has 0 saturated heterocycles. The van der Waals surface area contributed by atoms with Crippen molar-refractivity contribution < 1.29 is 0 Å². The number of hydrogen-bond acceptors (Lipinski definition) is 1. The largest absolute Gasteiger partial charge is 0.322 e. The van der Waals surface area contributed by atoms with Gasteiger partial charge in [-0.1, -0.05) is 13.0 Å². The Hall–Kier alpha value is -1.75. The maximum Gasteiger partial charge on any atom is 0.101 e. The Kier molecular flexibility index (Phi) is 1.79. The minimum absolute atomic E-state index is 0.762. The molecule has 0 saturated carbocycles. The first-order chi connectivity index (χ1) is 6.36. The quantitative estimate of drug-likeness (QED) is 0.645. The Balaban J connectivity index is 2.85. The van der Waals surface area contributed by atoms with Crippen molar-refractivity contribution in [3.05, 3.63) is 41.7 Å². The van der Waals surface area contributed by atoms with E-state index in [9.17, 15) is 0 Å². The van der Waals surface area contributed by atoms with Crippen molar-refractivity contribution in [1.82, 2.24) is 4.40 Å². The van der Waals surface area contributed by atoms with Crippen LogP contribution in [0, 0.1) is 11.3 Å². The van der Waals surface area contributed by atoms with E-state index in [-0.39, 0.29) is 0 Å². The molecule has 2 rings (SSSR count). The lowest BCUT2D eigenvalue weighted by Gasteiger charge is -2.01. The summed E-state index contributed by atoms with van der Waals surface area (Å²) in [6.07, 6.45) is 4.85. The fourth-order valence-electron chi connectivity index (χ4n) is 1.62. The maximum absolute atomic E-state index is 8.88. The van der Waals surface area contributed by atoms with Gasteiger partial charge >= 0.3 is 0 Å². The number of hydrogen-bond donors (Lipinski definition) is 0. The van der Waals surface area contributed by atoms with Crippen molar-refractivity contribution in [2.24, 2.45) is 0 Å². The first-order valence-corrected chi connectivity index (χ1v) is 4.35. The van der Waals surface area contributed by atoms with Crippen LogP contribution in [0.25, 0.3) is 5.52 Å². The molecule has 13 heavy (non-hydrogen) atoms. The van der Waals surface area contributed by atoms with E-state index in [0.29, 0.717) is 0 Å². The van der Waals surface area contributed by atoms with E-state index >= 15 is 0 Å². The van der Waals surface area contributed by atoms with Gasteiger partial charge in [-0.05, 0) is 24.1 Å². The van der Waals surface area contributed by atoms with Gasteiger partial charge in [-0.15, -0.1) is 0 Å². The summed E-state index contributed by atoms with van der Waals surface area (Å²) in [5, 5.41) is 8.88. The van der Waals surface area contributed by atoms with Crippen LogP contribution in [0.5, 0.6) is 0 Å². The second-order valence-electron chi connectivity index (χ2n) is 2.98. The van der Waals surface area contributed by atoms with E-state index in [1.54, 1.807) is 0 Å².